The van der Waals surface area contributed by atoms with Gasteiger partial charge in [-0.2, -0.15) is 5.10 Å². The molecule has 0 radical (unpaired) electrons. The van der Waals surface area contributed by atoms with E-state index in [4.69, 9.17) is 4.98 Å². The standard InChI is InChI=1S/C26H29N7OS/c1-16-11-17(2)21-20(12-16)22(30-29-21)25-28-23(24(35-25)18-5-4-6-27-13-18)26(34)33-14-19(15-33)32-9-7-31(3)8-10-32/h4-6,11-13,19H,7-10,14-15H2,1-3H3,(H,29,30). The van der Waals surface area contributed by atoms with E-state index in [9.17, 15) is 4.79 Å². The molecule has 0 atom stereocenters. The van der Waals surface area contributed by atoms with Crippen molar-refractivity contribution in [2.75, 3.05) is 46.3 Å². The Hall–Kier alpha value is -3.14. The molecule has 2 aliphatic heterocycles. The number of nitrogens with one attached hydrogen (secondary N) is 1. The third-order valence-corrected chi connectivity index (χ3v) is 8.29. The number of likely N-dealkylation sites (tertiary alicyclic amines) is 1. The summed E-state index contributed by atoms with van der Waals surface area (Å²) >= 11 is 1.51. The van der Waals surface area contributed by atoms with Gasteiger partial charge in [-0.05, 0) is 38.6 Å². The Morgan fingerprint density at radius 3 is 2.69 bits per heavy atom. The van der Waals surface area contributed by atoms with Gasteiger partial charge in [0.15, 0.2) is 0 Å². The second kappa shape index (κ2) is 8.82. The summed E-state index contributed by atoms with van der Waals surface area (Å²) in [6.45, 7) is 9.98. The predicted octanol–water partition coefficient (Wildman–Crippen LogP) is 3.44. The lowest BCUT2D eigenvalue weighted by Gasteiger charge is -2.47. The largest absolute Gasteiger partial charge is 0.334 e. The number of carbonyl (C=O) groups excluding carboxylic acids is 1. The van der Waals surface area contributed by atoms with Crippen LogP contribution in [-0.4, -0.2) is 93.1 Å². The molecule has 0 saturated carbocycles. The Morgan fingerprint density at radius 2 is 1.94 bits per heavy atom. The van der Waals surface area contributed by atoms with E-state index in [0.29, 0.717) is 11.7 Å². The van der Waals surface area contributed by atoms with Crippen LogP contribution in [0.25, 0.3) is 32.0 Å². The van der Waals surface area contributed by atoms with Crippen LogP contribution in [0.3, 0.4) is 0 Å². The molecule has 4 aromatic rings. The van der Waals surface area contributed by atoms with Crippen molar-refractivity contribution in [3.63, 3.8) is 0 Å². The Morgan fingerprint density at radius 1 is 1.14 bits per heavy atom. The SMILES string of the molecule is Cc1cc(C)c2[nH]nc(-c3nc(C(=O)N4CC(N5CCN(C)CC5)C4)c(-c4cccnc4)s3)c2c1. The molecule has 2 aliphatic rings. The fourth-order valence-electron chi connectivity index (χ4n) is 5.09. The van der Waals surface area contributed by atoms with Crippen molar-refractivity contribution >= 4 is 28.1 Å². The maximum absolute atomic E-state index is 13.7. The Kier molecular flexibility index (Phi) is 5.63. The average molecular weight is 488 g/mol. The molecule has 1 amide bonds. The number of thiazole rings is 1. The Bertz CT molecular complexity index is 1380. The fraction of sp³-hybridized carbons (Fsp3) is 0.385. The highest BCUT2D eigenvalue weighted by atomic mass is 32.1. The number of H-pyrrole nitrogens is 1. The second-order valence-electron chi connectivity index (χ2n) is 9.72. The minimum atomic E-state index is -0.0102. The molecule has 0 bridgehead atoms. The molecule has 3 aromatic heterocycles. The monoisotopic (exact) mass is 487 g/mol. The third kappa shape index (κ3) is 4.03. The molecule has 9 heteroatoms. The molecule has 0 aliphatic carbocycles. The van der Waals surface area contributed by atoms with Gasteiger partial charge in [0.05, 0.1) is 10.4 Å². The van der Waals surface area contributed by atoms with E-state index in [1.54, 1.807) is 12.4 Å². The first kappa shape index (κ1) is 22.3. The van der Waals surface area contributed by atoms with Gasteiger partial charge < -0.3 is 9.80 Å². The number of hydrogen-bond donors (Lipinski definition) is 1. The number of aromatic amines is 1. The van der Waals surface area contributed by atoms with Gasteiger partial charge >= 0.3 is 0 Å². The molecule has 35 heavy (non-hydrogen) atoms. The Labute approximate surface area is 208 Å². The summed E-state index contributed by atoms with van der Waals surface area (Å²) in [5.41, 5.74) is 5.52. The van der Waals surface area contributed by atoms with E-state index in [1.807, 2.05) is 17.0 Å². The summed E-state index contributed by atoms with van der Waals surface area (Å²) in [5.74, 6) is -0.0102. The lowest BCUT2D eigenvalue weighted by Crippen LogP contribution is -2.64. The lowest BCUT2D eigenvalue weighted by atomic mass is 10.0. The molecule has 6 rings (SSSR count). The zero-order valence-corrected chi connectivity index (χ0v) is 21.1. The molecule has 5 heterocycles. The number of hydrogen-bond acceptors (Lipinski definition) is 7. The van der Waals surface area contributed by atoms with Crippen LogP contribution in [0, 0.1) is 13.8 Å². The first-order chi connectivity index (χ1) is 17.0. The van der Waals surface area contributed by atoms with Crippen molar-refractivity contribution < 1.29 is 4.79 Å². The molecule has 2 saturated heterocycles. The highest BCUT2D eigenvalue weighted by molar-refractivity contribution is 7.18. The zero-order chi connectivity index (χ0) is 24.1. The molecular weight excluding hydrogens is 458 g/mol. The average Bonchev–Trinajstić information content (AvgIpc) is 3.44. The van der Waals surface area contributed by atoms with Gasteiger partial charge in [-0.3, -0.25) is 19.8 Å². The number of pyridine rings is 1. The molecule has 2 fully saturated rings. The first-order valence-corrected chi connectivity index (χ1v) is 12.9. The number of nitrogens with zero attached hydrogens (tertiary/aromatic N) is 6. The van der Waals surface area contributed by atoms with Crippen LogP contribution in [0.4, 0.5) is 0 Å². The van der Waals surface area contributed by atoms with E-state index in [1.165, 1.54) is 16.9 Å². The summed E-state index contributed by atoms with van der Waals surface area (Å²) in [4.78, 5) is 30.5. The minimum absolute atomic E-state index is 0.0102. The van der Waals surface area contributed by atoms with E-state index in [2.05, 4.69) is 58.0 Å². The van der Waals surface area contributed by atoms with Gasteiger partial charge in [-0.1, -0.05) is 17.7 Å². The van der Waals surface area contributed by atoms with E-state index in [-0.39, 0.29) is 5.91 Å². The summed E-state index contributed by atoms with van der Waals surface area (Å²) in [6.07, 6.45) is 3.55. The highest BCUT2D eigenvalue weighted by Crippen LogP contribution is 2.38. The molecule has 8 nitrogen and oxygen atoms in total. The molecule has 0 unspecified atom stereocenters. The third-order valence-electron chi connectivity index (χ3n) is 7.17. The van der Waals surface area contributed by atoms with Gasteiger partial charge in [-0.25, -0.2) is 4.98 Å². The van der Waals surface area contributed by atoms with Gasteiger partial charge in [0.25, 0.3) is 5.91 Å². The number of rotatable bonds is 4. The summed E-state index contributed by atoms with van der Waals surface area (Å²) < 4.78 is 0. The van der Waals surface area contributed by atoms with E-state index >= 15 is 0 Å². The van der Waals surface area contributed by atoms with Crippen molar-refractivity contribution in [1.82, 2.24) is 34.9 Å². The van der Waals surface area contributed by atoms with Crippen molar-refractivity contribution in [2.24, 2.45) is 0 Å². The maximum Gasteiger partial charge on any atom is 0.274 e. The van der Waals surface area contributed by atoms with Gasteiger partial charge in [-0.15, -0.1) is 11.3 Å². The summed E-state index contributed by atoms with van der Waals surface area (Å²) in [7, 11) is 2.17. The lowest BCUT2D eigenvalue weighted by molar-refractivity contribution is 0.0108. The van der Waals surface area contributed by atoms with Crippen LogP contribution in [-0.2, 0) is 0 Å². The van der Waals surface area contributed by atoms with Crippen LogP contribution < -0.4 is 0 Å². The second-order valence-corrected chi connectivity index (χ2v) is 10.7. The van der Waals surface area contributed by atoms with Crippen molar-refractivity contribution in [3.05, 3.63) is 53.5 Å². The van der Waals surface area contributed by atoms with E-state index < -0.39 is 0 Å². The number of fused-ring (bicyclic) bond motifs is 1. The fourth-order valence-corrected chi connectivity index (χ4v) is 6.14. The maximum atomic E-state index is 13.7. The quantitative estimate of drug-likeness (QED) is 0.475. The number of benzene rings is 1. The molecule has 1 aromatic carbocycles. The molecule has 180 valence electrons. The minimum Gasteiger partial charge on any atom is -0.334 e. The van der Waals surface area contributed by atoms with Gasteiger partial charge in [0.1, 0.15) is 16.4 Å². The van der Waals surface area contributed by atoms with Gasteiger partial charge in [0.2, 0.25) is 0 Å². The van der Waals surface area contributed by atoms with Crippen molar-refractivity contribution in [3.8, 4) is 21.1 Å². The van der Waals surface area contributed by atoms with Crippen LogP contribution in [0.5, 0.6) is 0 Å². The normalized spacial score (nSPS) is 17.7. The number of likely N-dealkylation sites (N-methyl/N-ethyl adjacent to an activating group) is 1. The smallest absolute Gasteiger partial charge is 0.274 e. The van der Waals surface area contributed by atoms with E-state index in [0.717, 1.165) is 76.9 Å². The van der Waals surface area contributed by atoms with Crippen LogP contribution in [0.1, 0.15) is 21.6 Å². The van der Waals surface area contributed by atoms with Crippen LogP contribution in [0.2, 0.25) is 0 Å². The number of amides is 1. The topological polar surface area (TPSA) is 81.2 Å². The first-order valence-electron chi connectivity index (χ1n) is 12.1. The number of carbonyl (C=O) groups is 1. The van der Waals surface area contributed by atoms with Gasteiger partial charge in [0, 0.05) is 68.7 Å². The highest BCUT2D eigenvalue weighted by Gasteiger charge is 2.38. The number of aryl methyl sites for hydroxylation is 2. The summed E-state index contributed by atoms with van der Waals surface area (Å²) in [6, 6.07) is 8.59. The summed E-state index contributed by atoms with van der Waals surface area (Å²) in [5, 5.41) is 9.56. The Balaban J connectivity index is 1.33. The molecule has 0 spiro atoms. The zero-order valence-electron chi connectivity index (χ0n) is 20.3. The van der Waals surface area contributed by atoms with Crippen molar-refractivity contribution in [2.45, 2.75) is 19.9 Å². The number of aromatic nitrogens is 4. The predicted molar refractivity (Wildman–Crippen MR) is 139 cm³/mol. The molecule has 1 N–H and O–H groups in total. The molecular formula is C26H29N7OS. The van der Waals surface area contributed by atoms with Crippen molar-refractivity contribution in [1.29, 1.82) is 0 Å². The van der Waals surface area contributed by atoms with Crippen LogP contribution in [0.15, 0.2) is 36.7 Å². The van der Waals surface area contributed by atoms with Crippen LogP contribution >= 0.6 is 11.3 Å². The number of piperazine rings is 1.